The smallest absolute Gasteiger partial charge is 0.343 e. The van der Waals surface area contributed by atoms with Gasteiger partial charge in [-0.25, -0.2) is 4.79 Å². The zero-order chi connectivity index (χ0) is 15.4. The standard InChI is InChI=1S/C16H13BrO4/c1-10-3-5-12(6-4-10)16(19)21-15-13(17)7-11(9-18)8-14(15)20-2/h3-9H,1-2H3. The van der Waals surface area contributed by atoms with Crippen molar-refractivity contribution in [3.63, 3.8) is 0 Å². The summed E-state index contributed by atoms with van der Waals surface area (Å²) in [5.41, 5.74) is 1.92. The second kappa shape index (κ2) is 6.54. The molecular weight excluding hydrogens is 336 g/mol. The van der Waals surface area contributed by atoms with Crippen molar-refractivity contribution in [1.29, 1.82) is 0 Å². The first-order valence-electron chi connectivity index (χ1n) is 6.16. The molecule has 0 bridgehead atoms. The fraction of sp³-hybridized carbons (Fsp3) is 0.125. The number of ether oxygens (including phenoxy) is 2. The highest BCUT2D eigenvalue weighted by molar-refractivity contribution is 9.10. The minimum atomic E-state index is -0.493. The summed E-state index contributed by atoms with van der Waals surface area (Å²) in [6.07, 6.45) is 0.693. The summed E-state index contributed by atoms with van der Waals surface area (Å²) in [6.45, 7) is 1.94. The fourth-order valence-corrected chi connectivity index (χ4v) is 2.29. The number of aryl methyl sites for hydroxylation is 1. The van der Waals surface area contributed by atoms with Gasteiger partial charge in [0.1, 0.15) is 6.29 Å². The zero-order valence-electron chi connectivity index (χ0n) is 11.6. The molecule has 0 radical (unpaired) electrons. The minimum absolute atomic E-state index is 0.244. The molecule has 0 N–H and O–H groups in total. The van der Waals surface area contributed by atoms with Gasteiger partial charge in [-0.2, -0.15) is 0 Å². The van der Waals surface area contributed by atoms with E-state index in [1.165, 1.54) is 13.2 Å². The molecule has 0 aliphatic carbocycles. The molecule has 0 fully saturated rings. The number of rotatable bonds is 4. The summed E-state index contributed by atoms with van der Waals surface area (Å²) >= 11 is 3.28. The van der Waals surface area contributed by atoms with Crippen LogP contribution in [0.4, 0.5) is 0 Å². The van der Waals surface area contributed by atoms with Crippen LogP contribution in [0.1, 0.15) is 26.3 Å². The highest BCUT2D eigenvalue weighted by atomic mass is 79.9. The molecule has 2 aromatic rings. The molecule has 0 unspecified atom stereocenters. The van der Waals surface area contributed by atoms with Gasteiger partial charge in [-0.05, 0) is 47.1 Å². The van der Waals surface area contributed by atoms with E-state index in [0.717, 1.165) is 5.56 Å². The van der Waals surface area contributed by atoms with Crippen LogP contribution in [-0.2, 0) is 0 Å². The van der Waals surface area contributed by atoms with Crippen molar-refractivity contribution in [1.82, 2.24) is 0 Å². The topological polar surface area (TPSA) is 52.6 Å². The number of carbonyl (C=O) groups excluding carboxylic acids is 2. The van der Waals surface area contributed by atoms with Crippen molar-refractivity contribution in [2.75, 3.05) is 7.11 Å². The van der Waals surface area contributed by atoms with Gasteiger partial charge < -0.3 is 9.47 Å². The highest BCUT2D eigenvalue weighted by Gasteiger charge is 2.16. The fourth-order valence-electron chi connectivity index (χ4n) is 1.75. The third kappa shape index (κ3) is 3.49. The average Bonchev–Trinajstić information content (AvgIpc) is 2.49. The lowest BCUT2D eigenvalue weighted by atomic mass is 10.1. The van der Waals surface area contributed by atoms with E-state index in [4.69, 9.17) is 9.47 Å². The van der Waals surface area contributed by atoms with Crippen LogP contribution in [0.2, 0.25) is 0 Å². The van der Waals surface area contributed by atoms with Gasteiger partial charge in [-0.3, -0.25) is 4.79 Å². The van der Waals surface area contributed by atoms with E-state index in [2.05, 4.69) is 15.9 Å². The van der Waals surface area contributed by atoms with Crippen molar-refractivity contribution in [2.24, 2.45) is 0 Å². The maximum Gasteiger partial charge on any atom is 0.343 e. The average molecular weight is 349 g/mol. The Morgan fingerprint density at radius 3 is 2.43 bits per heavy atom. The second-order valence-electron chi connectivity index (χ2n) is 4.41. The van der Waals surface area contributed by atoms with Crippen LogP contribution in [0.3, 0.4) is 0 Å². The molecule has 0 aliphatic heterocycles. The Labute approximate surface area is 130 Å². The van der Waals surface area contributed by atoms with E-state index in [1.807, 2.05) is 19.1 Å². The first kappa shape index (κ1) is 15.3. The van der Waals surface area contributed by atoms with Gasteiger partial charge in [0.2, 0.25) is 0 Å². The Hall–Kier alpha value is -2.14. The van der Waals surface area contributed by atoms with Crippen LogP contribution >= 0.6 is 15.9 Å². The molecule has 0 aromatic heterocycles. The van der Waals surface area contributed by atoms with Crippen LogP contribution < -0.4 is 9.47 Å². The van der Waals surface area contributed by atoms with Gasteiger partial charge in [-0.1, -0.05) is 17.7 Å². The normalized spacial score (nSPS) is 10.0. The van der Waals surface area contributed by atoms with Gasteiger partial charge in [0, 0.05) is 5.56 Å². The molecule has 0 amide bonds. The van der Waals surface area contributed by atoms with Gasteiger partial charge in [-0.15, -0.1) is 0 Å². The Balaban J connectivity index is 2.32. The zero-order valence-corrected chi connectivity index (χ0v) is 13.1. The molecule has 0 spiro atoms. The van der Waals surface area contributed by atoms with Crippen LogP contribution in [0.25, 0.3) is 0 Å². The Morgan fingerprint density at radius 1 is 1.19 bits per heavy atom. The van der Waals surface area contributed by atoms with Gasteiger partial charge in [0.25, 0.3) is 0 Å². The molecule has 0 aliphatic rings. The van der Waals surface area contributed by atoms with Crippen LogP contribution in [-0.4, -0.2) is 19.4 Å². The molecule has 21 heavy (non-hydrogen) atoms. The molecule has 0 saturated heterocycles. The second-order valence-corrected chi connectivity index (χ2v) is 5.26. The van der Waals surface area contributed by atoms with E-state index in [1.54, 1.807) is 18.2 Å². The van der Waals surface area contributed by atoms with Crippen LogP contribution in [0.15, 0.2) is 40.9 Å². The summed E-state index contributed by atoms with van der Waals surface area (Å²) in [5.74, 6) is 0.0634. The SMILES string of the molecule is COc1cc(C=O)cc(Br)c1OC(=O)c1ccc(C)cc1. The summed E-state index contributed by atoms with van der Waals surface area (Å²) in [7, 11) is 1.44. The molecule has 2 aromatic carbocycles. The third-order valence-corrected chi connectivity index (χ3v) is 3.46. The lowest BCUT2D eigenvalue weighted by Gasteiger charge is -2.12. The van der Waals surface area contributed by atoms with Gasteiger partial charge in [0.15, 0.2) is 11.5 Å². The van der Waals surface area contributed by atoms with E-state index < -0.39 is 5.97 Å². The lowest BCUT2D eigenvalue weighted by molar-refractivity contribution is 0.0728. The van der Waals surface area contributed by atoms with Crippen molar-refractivity contribution < 1.29 is 19.1 Å². The predicted molar refractivity (Wildman–Crippen MR) is 82.2 cm³/mol. The molecular formula is C16H13BrO4. The Kier molecular flexibility index (Phi) is 4.75. The molecule has 108 valence electrons. The number of hydrogen-bond donors (Lipinski definition) is 0. The van der Waals surface area contributed by atoms with Crippen molar-refractivity contribution in [2.45, 2.75) is 6.92 Å². The molecule has 0 heterocycles. The number of carbonyl (C=O) groups is 2. The maximum absolute atomic E-state index is 12.1. The molecule has 5 heteroatoms. The number of benzene rings is 2. The summed E-state index contributed by atoms with van der Waals surface area (Å²) < 4.78 is 11.0. The Morgan fingerprint density at radius 2 is 1.86 bits per heavy atom. The summed E-state index contributed by atoms with van der Waals surface area (Å²) in [4.78, 5) is 23.0. The van der Waals surface area contributed by atoms with Crippen LogP contribution in [0.5, 0.6) is 11.5 Å². The van der Waals surface area contributed by atoms with Crippen molar-refractivity contribution >= 4 is 28.2 Å². The number of esters is 1. The first-order valence-corrected chi connectivity index (χ1v) is 6.96. The van der Waals surface area contributed by atoms with Gasteiger partial charge >= 0.3 is 5.97 Å². The number of aldehydes is 1. The quantitative estimate of drug-likeness (QED) is 0.479. The Bertz CT molecular complexity index is 677. The van der Waals surface area contributed by atoms with Crippen molar-refractivity contribution in [3.05, 3.63) is 57.6 Å². The van der Waals surface area contributed by atoms with Gasteiger partial charge in [0.05, 0.1) is 17.1 Å². The van der Waals surface area contributed by atoms with E-state index >= 15 is 0 Å². The minimum Gasteiger partial charge on any atom is -0.493 e. The van der Waals surface area contributed by atoms with E-state index in [9.17, 15) is 9.59 Å². The summed E-state index contributed by atoms with van der Waals surface area (Å²) in [6, 6.07) is 10.1. The van der Waals surface area contributed by atoms with Crippen molar-refractivity contribution in [3.8, 4) is 11.5 Å². The van der Waals surface area contributed by atoms with Crippen LogP contribution in [0, 0.1) is 6.92 Å². The monoisotopic (exact) mass is 348 g/mol. The molecule has 4 nitrogen and oxygen atoms in total. The van der Waals surface area contributed by atoms with E-state index in [0.29, 0.717) is 27.6 Å². The first-order chi connectivity index (χ1) is 10.0. The highest BCUT2D eigenvalue weighted by Crippen LogP contribution is 2.36. The number of halogens is 1. The largest absolute Gasteiger partial charge is 0.493 e. The molecule has 0 atom stereocenters. The number of methoxy groups -OCH3 is 1. The maximum atomic E-state index is 12.1. The number of hydrogen-bond acceptors (Lipinski definition) is 4. The molecule has 0 saturated carbocycles. The van der Waals surface area contributed by atoms with E-state index in [-0.39, 0.29) is 5.75 Å². The molecule has 2 rings (SSSR count). The summed E-state index contributed by atoms with van der Waals surface area (Å²) in [5, 5.41) is 0. The predicted octanol–water partition coefficient (Wildman–Crippen LogP) is 3.80. The lowest BCUT2D eigenvalue weighted by Crippen LogP contribution is -2.10. The third-order valence-electron chi connectivity index (χ3n) is 2.87.